The first-order valence-corrected chi connectivity index (χ1v) is 13.2. The molecule has 6 nitrogen and oxygen atoms in total. The summed E-state index contributed by atoms with van der Waals surface area (Å²) in [6, 6.07) is 22.3. The number of anilines is 1. The number of carbonyl (C=O) groups excluding carboxylic acids is 1. The van der Waals surface area contributed by atoms with Gasteiger partial charge >= 0.3 is 12.1 Å². The first-order valence-electron chi connectivity index (χ1n) is 12.3. The Balaban J connectivity index is 0.000000470. The Bertz CT molecular complexity index is 1430. The number of carboxylic acids is 1. The van der Waals surface area contributed by atoms with Gasteiger partial charge in [0, 0.05) is 24.2 Å². The van der Waals surface area contributed by atoms with Gasteiger partial charge in [-0.1, -0.05) is 54.6 Å². The molecule has 0 bridgehead atoms. The van der Waals surface area contributed by atoms with Gasteiger partial charge in [-0.15, -0.1) is 11.3 Å². The maximum atomic E-state index is 13.8. The zero-order valence-electron chi connectivity index (χ0n) is 21.1. The lowest BCUT2D eigenvalue weighted by Gasteiger charge is -2.25. The van der Waals surface area contributed by atoms with Crippen molar-refractivity contribution >= 4 is 28.9 Å². The van der Waals surface area contributed by atoms with Crippen LogP contribution in [0, 0.1) is 5.82 Å². The molecule has 0 saturated heterocycles. The van der Waals surface area contributed by atoms with Crippen LogP contribution in [0.5, 0.6) is 0 Å². The predicted molar refractivity (Wildman–Crippen MR) is 144 cm³/mol. The number of carbonyl (C=O) groups is 2. The number of hydrogen-bond acceptors (Lipinski definition) is 5. The van der Waals surface area contributed by atoms with Gasteiger partial charge in [0.15, 0.2) is 0 Å². The maximum Gasteiger partial charge on any atom is 0.490 e. The number of rotatable bonds is 7. The number of aliphatic carboxylic acids is 1. The summed E-state index contributed by atoms with van der Waals surface area (Å²) in [7, 11) is 0. The summed E-state index contributed by atoms with van der Waals surface area (Å²) in [4.78, 5) is 28.9. The number of fused-ring (bicyclic) bond motifs is 1. The normalized spacial score (nSPS) is 13.2. The molecule has 208 valence electrons. The summed E-state index contributed by atoms with van der Waals surface area (Å²) >= 11 is 1.55. The molecule has 40 heavy (non-hydrogen) atoms. The minimum Gasteiger partial charge on any atom is -0.475 e. The Morgan fingerprint density at radius 2 is 1.70 bits per heavy atom. The molecule has 5 rings (SSSR count). The highest BCUT2D eigenvalue weighted by Crippen LogP contribution is 2.33. The summed E-state index contributed by atoms with van der Waals surface area (Å²) < 4.78 is 45.1. The molecule has 1 aliphatic rings. The third-order valence-electron chi connectivity index (χ3n) is 6.26. The van der Waals surface area contributed by atoms with Crippen molar-refractivity contribution in [2.75, 3.05) is 11.4 Å². The van der Waals surface area contributed by atoms with E-state index in [0.29, 0.717) is 19.5 Å². The fraction of sp³-hybridized carbons (Fsp3) is 0.207. The Labute approximate surface area is 231 Å². The summed E-state index contributed by atoms with van der Waals surface area (Å²) in [5.74, 6) is -2.96. The van der Waals surface area contributed by atoms with Crippen LogP contribution in [0.2, 0.25) is 0 Å². The summed E-state index contributed by atoms with van der Waals surface area (Å²) in [6.45, 7) is 1.20. The minimum absolute atomic E-state index is 0.0593. The van der Waals surface area contributed by atoms with Crippen LogP contribution in [0.4, 0.5) is 23.2 Å². The molecule has 1 aliphatic heterocycles. The largest absolute Gasteiger partial charge is 0.490 e. The molecule has 0 radical (unpaired) electrons. The lowest BCUT2D eigenvalue weighted by atomic mass is 10.0. The van der Waals surface area contributed by atoms with Crippen LogP contribution in [-0.2, 0) is 29.0 Å². The Hall–Kier alpha value is -4.09. The number of thiazole rings is 1. The first kappa shape index (κ1) is 28.9. The molecule has 3 aromatic carbocycles. The highest BCUT2D eigenvalue weighted by Gasteiger charge is 2.38. The van der Waals surface area contributed by atoms with Gasteiger partial charge in [0.05, 0.1) is 17.2 Å². The van der Waals surface area contributed by atoms with Crippen molar-refractivity contribution in [3.8, 4) is 11.1 Å². The monoisotopic (exact) mass is 571 g/mol. The quantitative estimate of drug-likeness (QED) is 0.271. The van der Waals surface area contributed by atoms with Crippen molar-refractivity contribution in [1.29, 1.82) is 0 Å². The SMILES string of the molecule is O=C(O)C(F)(F)F.O=C([C@H](Cc1ccccc1)NCc1cscn1)N1CCc2ccc(-c3ccc(F)cc3)cc21. The van der Waals surface area contributed by atoms with E-state index in [1.165, 1.54) is 12.1 Å². The number of carboxylic acid groups (broad SMARTS) is 1. The molecule has 0 spiro atoms. The zero-order valence-corrected chi connectivity index (χ0v) is 21.9. The van der Waals surface area contributed by atoms with Crippen LogP contribution in [0.1, 0.15) is 16.8 Å². The second kappa shape index (κ2) is 12.8. The molecule has 2 heterocycles. The molecule has 11 heteroatoms. The Morgan fingerprint density at radius 3 is 2.33 bits per heavy atom. The number of alkyl halides is 3. The van der Waals surface area contributed by atoms with E-state index in [1.807, 2.05) is 40.6 Å². The fourth-order valence-corrected chi connectivity index (χ4v) is 4.83. The van der Waals surface area contributed by atoms with Gasteiger partial charge in [-0.25, -0.2) is 14.2 Å². The maximum absolute atomic E-state index is 13.8. The van der Waals surface area contributed by atoms with Crippen LogP contribution in [0.3, 0.4) is 0 Å². The molecule has 4 aromatic rings. The van der Waals surface area contributed by atoms with Gasteiger partial charge in [-0.05, 0) is 53.3 Å². The summed E-state index contributed by atoms with van der Waals surface area (Å²) in [5.41, 5.74) is 7.86. The lowest BCUT2D eigenvalue weighted by molar-refractivity contribution is -0.192. The van der Waals surface area contributed by atoms with E-state index in [4.69, 9.17) is 9.90 Å². The number of hydrogen-bond donors (Lipinski definition) is 2. The standard InChI is InChI=1S/C27H24FN3OS.C2HF3O2/c28-23-10-8-20(9-11-23)22-7-6-21-12-13-31(26(21)15-22)27(32)25(14-19-4-2-1-3-5-19)29-16-24-17-33-18-30-24;3-2(4,5)1(6)7/h1-11,15,17-18,25,29H,12-14,16H2;(H,6,7)/t25-;/m0./s1. The lowest BCUT2D eigenvalue weighted by Crippen LogP contribution is -2.47. The van der Waals surface area contributed by atoms with Crippen molar-refractivity contribution in [3.63, 3.8) is 0 Å². The average molecular weight is 572 g/mol. The molecule has 0 fully saturated rings. The Kier molecular flexibility index (Phi) is 9.28. The van der Waals surface area contributed by atoms with E-state index >= 15 is 0 Å². The van der Waals surface area contributed by atoms with Gasteiger partial charge in [-0.3, -0.25) is 10.1 Å². The number of benzene rings is 3. The number of nitrogens with zero attached hydrogens (tertiary/aromatic N) is 2. The van der Waals surface area contributed by atoms with Crippen molar-refractivity contribution in [2.45, 2.75) is 31.6 Å². The van der Waals surface area contributed by atoms with E-state index < -0.39 is 12.1 Å². The molecular weight excluding hydrogens is 546 g/mol. The summed E-state index contributed by atoms with van der Waals surface area (Å²) in [6.07, 6.45) is -3.65. The fourth-order valence-electron chi connectivity index (χ4n) is 4.27. The first-order chi connectivity index (χ1) is 19.1. The topological polar surface area (TPSA) is 82.5 Å². The van der Waals surface area contributed by atoms with Gasteiger partial charge in [0.1, 0.15) is 5.82 Å². The molecular formula is C29H25F4N3O3S. The van der Waals surface area contributed by atoms with Crippen molar-refractivity contribution in [3.05, 3.63) is 106 Å². The van der Waals surface area contributed by atoms with Crippen LogP contribution in [0.25, 0.3) is 11.1 Å². The van der Waals surface area contributed by atoms with Gasteiger partial charge in [0.25, 0.3) is 0 Å². The van der Waals surface area contributed by atoms with Crippen molar-refractivity contribution in [1.82, 2.24) is 10.3 Å². The molecule has 2 N–H and O–H groups in total. The molecule has 1 amide bonds. The van der Waals surface area contributed by atoms with Crippen LogP contribution < -0.4 is 10.2 Å². The van der Waals surface area contributed by atoms with Gasteiger partial charge in [0.2, 0.25) is 5.91 Å². The third-order valence-corrected chi connectivity index (χ3v) is 6.90. The van der Waals surface area contributed by atoms with Crippen molar-refractivity contribution < 1.29 is 32.3 Å². The zero-order chi connectivity index (χ0) is 28.7. The number of halogens is 4. The molecule has 0 saturated carbocycles. The smallest absolute Gasteiger partial charge is 0.475 e. The predicted octanol–water partition coefficient (Wildman–Crippen LogP) is 5.87. The van der Waals surface area contributed by atoms with Gasteiger partial charge in [-0.2, -0.15) is 13.2 Å². The Morgan fingerprint density at radius 1 is 1.02 bits per heavy atom. The molecule has 0 unspecified atom stereocenters. The van der Waals surface area contributed by atoms with E-state index in [0.717, 1.165) is 40.1 Å². The van der Waals surface area contributed by atoms with E-state index in [2.05, 4.69) is 28.5 Å². The van der Waals surface area contributed by atoms with Crippen LogP contribution >= 0.6 is 11.3 Å². The highest BCUT2D eigenvalue weighted by molar-refractivity contribution is 7.07. The minimum atomic E-state index is -5.08. The number of amides is 1. The van der Waals surface area contributed by atoms with Crippen molar-refractivity contribution in [2.24, 2.45) is 0 Å². The average Bonchev–Trinajstić information content (AvgIpc) is 3.61. The third kappa shape index (κ3) is 7.51. The molecule has 1 atom stereocenters. The number of aromatic nitrogens is 1. The van der Waals surface area contributed by atoms with Crippen LogP contribution in [0.15, 0.2) is 83.7 Å². The second-order valence-electron chi connectivity index (χ2n) is 9.00. The number of nitrogens with one attached hydrogen (secondary N) is 1. The summed E-state index contributed by atoms with van der Waals surface area (Å²) in [5, 5.41) is 12.6. The van der Waals surface area contributed by atoms with E-state index in [9.17, 15) is 22.4 Å². The molecule has 1 aromatic heterocycles. The van der Waals surface area contributed by atoms with E-state index in [-0.39, 0.29) is 17.8 Å². The van der Waals surface area contributed by atoms with E-state index in [1.54, 1.807) is 29.0 Å². The molecule has 0 aliphatic carbocycles. The second-order valence-corrected chi connectivity index (χ2v) is 9.71. The van der Waals surface area contributed by atoms with Gasteiger partial charge < -0.3 is 10.0 Å². The highest BCUT2D eigenvalue weighted by atomic mass is 32.1. The van der Waals surface area contributed by atoms with Crippen LogP contribution in [-0.4, -0.2) is 40.7 Å².